The van der Waals surface area contributed by atoms with E-state index < -0.39 is 0 Å². The molecular formula is C24H29N3O4. The number of carbonyl (C=O) groups is 2. The Morgan fingerprint density at radius 3 is 2.52 bits per heavy atom. The Morgan fingerprint density at radius 2 is 1.84 bits per heavy atom. The van der Waals surface area contributed by atoms with Gasteiger partial charge in [0.25, 0.3) is 0 Å². The van der Waals surface area contributed by atoms with Gasteiger partial charge in [-0.3, -0.25) is 4.79 Å². The average Bonchev–Trinajstić information content (AvgIpc) is 3.61. The normalized spacial score (nSPS) is 17.5. The Morgan fingerprint density at radius 1 is 1.10 bits per heavy atom. The summed E-state index contributed by atoms with van der Waals surface area (Å²) in [7, 11) is 3.21. The third-order valence-corrected chi connectivity index (χ3v) is 5.95. The van der Waals surface area contributed by atoms with Gasteiger partial charge in [-0.15, -0.1) is 0 Å². The molecule has 0 radical (unpaired) electrons. The smallest absolute Gasteiger partial charge is 0.322 e. The van der Waals surface area contributed by atoms with Crippen molar-refractivity contribution < 1.29 is 19.1 Å². The summed E-state index contributed by atoms with van der Waals surface area (Å²) >= 11 is 0. The number of rotatable bonds is 6. The van der Waals surface area contributed by atoms with Crippen molar-refractivity contribution in [2.45, 2.75) is 32.2 Å². The molecule has 0 saturated heterocycles. The maximum atomic E-state index is 13.2. The lowest BCUT2D eigenvalue weighted by atomic mass is 9.91. The number of hydrogen-bond donors (Lipinski definition) is 2. The first-order chi connectivity index (χ1) is 15.0. The van der Waals surface area contributed by atoms with Gasteiger partial charge in [-0.25, -0.2) is 4.79 Å². The number of carbonyl (C=O) groups excluding carboxylic acids is 2. The summed E-state index contributed by atoms with van der Waals surface area (Å²) in [6.07, 6.45) is 2.58. The van der Waals surface area contributed by atoms with Crippen molar-refractivity contribution in [3.05, 3.63) is 53.1 Å². The second-order valence-corrected chi connectivity index (χ2v) is 8.18. The number of ether oxygens (including phenoxy) is 2. The summed E-state index contributed by atoms with van der Waals surface area (Å²) in [5.41, 5.74) is 3.90. The van der Waals surface area contributed by atoms with E-state index in [0.717, 1.165) is 35.2 Å². The van der Waals surface area contributed by atoms with E-state index in [2.05, 4.69) is 10.6 Å². The molecule has 4 rings (SSSR count). The van der Waals surface area contributed by atoms with Crippen molar-refractivity contribution in [1.82, 2.24) is 10.2 Å². The van der Waals surface area contributed by atoms with Crippen molar-refractivity contribution >= 4 is 17.6 Å². The highest BCUT2D eigenvalue weighted by molar-refractivity contribution is 5.90. The van der Waals surface area contributed by atoms with Crippen molar-refractivity contribution in [3.8, 4) is 11.5 Å². The summed E-state index contributed by atoms with van der Waals surface area (Å²) in [5, 5.41) is 6.05. The molecule has 0 unspecified atom stereocenters. The Hall–Kier alpha value is -3.22. The molecule has 1 saturated carbocycles. The lowest BCUT2D eigenvalue weighted by molar-refractivity contribution is -0.122. The molecule has 7 nitrogen and oxygen atoms in total. The SMILES string of the molecule is COc1cc2c(cc1OC)[C@@H](CNC(=O)C1CC1)N(C(=O)Nc1cccc(C)c1)CC2. The zero-order chi connectivity index (χ0) is 22.0. The van der Waals surface area contributed by atoms with Crippen LogP contribution < -0.4 is 20.1 Å². The quantitative estimate of drug-likeness (QED) is 0.743. The van der Waals surface area contributed by atoms with E-state index in [-0.39, 0.29) is 23.9 Å². The summed E-state index contributed by atoms with van der Waals surface area (Å²) in [4.78, 5) is 27.3. The summed E-state index contributed by atoms with van der Waals surface area (Å²) in [6, 6.07) is 11.1. The Balaban J connectivity index is 1.62. The molecule has 2 aliphatic rings. The maximum absolute atomic E-state index is 13.2. The van der Waals surface area contributed by atoms with E-state index in [1.165, 1.54) is 0 Å². The zero-order valence-corrected chi connectivity index (χ0v) is 18.2. The first-order valence-corrected chi connectivity index (χ1v) is 10.7. The number of fused-ring (bicyclic) bond motifs is 1. The third kappa shape index (κ3) is 4.60. The molecule has 3 amide bonds. The van der Waals surface area contributed by atoms with Crippen molar-refractivity contribution in [3.63, 3.8) is 0 Å². The topological polar surface area (TPSA) is 79.9 Å². The van der Waals surface area contributed by atoms with Crippen LogP contribution in [0.4, 0.5) is 10.5 Å². The summed E-state index contributed by atoms with van der Waals surface area (Å²) in [6.45, 7) is 2.89. The van der Waals surface area contributed by atoms with Gasteiger partial charge >= 0.3 is 6.03 Å². The molecule has 0 aromatic heterocycles. The predicted octanol–water partition coefficient (Wildman–Crippen LogP) is 3.67. The minimum atomic E-state index is -0.295. The van der Waals surface area contributed by atoms with Crippen molar-refractivity contribution in [1.29, 1.82) is 0 Å². The van der Waals surface area contributed by atoms with E-state index in [1.54, 1.807) is 19.1 Å². The highest BCUT2D eigenvalue weighted by Crippen LogP contribution is 2.38. The van der Waals surface area contributed by atoms with Crippen LogP contribution in [-0.4, -0.2) is 44.1 Å². The molecule has 2 aromatic rings. The van der Waals surface area contributed by atoms with E-state index in [4.69, 9.17) is 9.47 Å². The van der Waals surface area contributed by atoms with Crippen molar-refractivity contribution in [2.75, 3.05) is 32.6 Å². The lowest BCUT2D eigenvalue weighted by Gasteiger charge is -2.38. The predicted molar refractivity (Wildman–Crippen MR) is 119 cm³/mol. The maximum Gasteiger partial charge on any atom is 0.322 e. The van der Waals surface area contributed by atoms with Crippen LogP contribution in [0.5, 0.6) is 11.5 Å². The number of benzene rings is 2. The molecule has 0 spiro atoms. The van der Waals surface area contributed by atoms with Gasteiger partial charge in [0.05, 0.1) is 20.3 Å². The Labute approximate surface area is 182 Å². The molecule has 31 heavy (non-hydrogen) atoms. The van der Waals surface area contributed by atoms with E-state index >= 15 is 0 Å². The van der Waals surface area contributed by atoms with Crippen LogP contribution in [0.3, 0.4) is 0 Å². The molecule has 2 aromatic carbocycles. The van der Waals surface area contributed by atoms with E-state index in [1.807, 2.05) is 43.3 Å². The van der Waals surface area contributed by atoms with Crippen LogP contribution in [0.2, 0.25) is 0 Å². The highest BCUT2D eigenvalue weighted by Gasteiger charge is 2.35. The molecular weight excluding hydrogens is 394 g/mol. The summed E-state index contributed by atoms with van der Waals surface area (Å²) in [5.74, 6) is 1.45. The van der Waals surface area contributed by atoms with Crippen LogP contribution >= 0.6 is 0 Å². The molecule has 1 aliphatic carbocycles. The molecule has 7 heteroatoms. The Kier molecular flexibility index (Phi) is 6.02. The highest BCUT2D eigenvalue weighted by atomic mass is 16.5. The second kappa shape index (κ2) is 8.88. The largest absolute Gasteiger partial charge is 0.493 e. The number of nitrogens with one attached hydrogen (secondary N) is 2. The molecule has 0 bridgehead atoms. The monoisotopic (exact) mass is 423 g/mol. The van der Waals surface area contributed by atoms with Crippen LogP contribution in [-0.2, 0) is 11.2 Å². The number of amides is 3. The average molecular weight is 424 g/mol. The van der Waals surface area contributed by atoms with Gasteiger partial charge < -0.3 is 25.0 Å². The van der Waals surface area contributed by atoms with Gasteiger partial charge in [-0.1, -0.05) is 12.1 Å². The molecule has 1 atom stereocenters. The van der Waals surface area contributed by atoms with Gasteiger partial charge in [0.1, 0.15) is 0 Å². The number of nitrogens with zero attached hydrogens (tertiary/aromatic N) is 1. The number of hydrogen-bond acceptors (Lipinski definition) is 4. The lowest BCUT2D eigenvalue weighted by Crippen LogP contribution is -2.47. The second-order valence-electron chi connectivity index (χ2n) is 8.18. The fourth-order valence-corrected chi connectivity index (χ4v) is 4.10. The van der Waals surface area contributed by atoms with Crippen LogP contribution in [0, 0.1) is 12.8 Å². The first kappa shape index (κ1) is 21.0. The van der Waals surface area contributed by atoms with Gasteiger partial charge in [0.2, 0.25) is 5.91 Å². The van der Waals surface area contributed by atoms with Crippen LogP contribution in [0.25, 0.3) is 0 Å². The van der Waals surface area contributed by atoms with E-state index in [9.17, 15) is 9.59 Å². The van der Waals surface area contributed by atoms with Gasteiger partial charge in [0.15, 0.2) is 11.5 Å². The number of methoxy groups -OCH3 is 2. The molecule has 1 aliphatic heterocycles. The summed E-state index contributed by atoms with van der Waals surface area (Å²) < 4.78 is 10.9. The number of aryl methyl sites for hydroxylation is 1. The third-order valence-electron chi connectivity index (χ3n) is 5.95. The molecule has 1 heterocycles. The minimum absolute atomic E-state index is 0.0617. The fraction of sp³-hybridized carbons (Fsp3) is 0.417. The Bertz CT molecular complexity index is 987. The van der Waals surface area contributed by atoms with Crippen LogP contribution in [0.1, 0.15) is 35.6 Å². The zero-order valence-electron chi connectivity index (χ0n) is 18.2. The van der Waals surface area contributed by atoms with Crippen molar-refractivity contribution in [2.24, 2.45) is 5.92 Å². The van der Waals surface area contributed by atoms with Gasteiger partial charge in [-0.05, 0) is 67.1 Å². The van der Waals surface area contributed by atoms with Gasteiger partial charge in [-0.2, -0.15) is 0 Å². The minimum Gasteiger partial charge on any atom is -0.493 e. The van der Waals surface area contributed by atoms with E-state index in [0.29, 0.717) is 31.0 Å². The standard InChI is InChI=1S/C24H29N3O4/c1-15-5-4-6-18(11-15)26-24(29)27-10-9-17-12-21(30-2)22(31-3)13-19(17)20(27)14-25-23(28)16-7-8-16/h4-6,11-13,16,20H,7-10,14H2,1-3H3,(H,25,28)(H,26,29)/t20-/m1/s1. The first-order valence-electron chi connectivity index (χ1n) is 10.7. The number of anilines is 1. The van der Waals surface area contributed by atoms with Crippen LogP contribution in [0.15, 0.2) is 36.4 Å². The fourth-order valence-electron chi connectivity index (χ4n) is 4.10. The molecule has 1 fully saturated rings. The van der Waals surface area contributed by atoms with Gasteiger partial charge in [0, 0.05) is 24.7 Å². The molecule has 164 valence electrons. The number of urea groups is 1. The molecule has 2 N–H and O–H groups in total.